The number of thiazole rings is 1. The number of carbonyl (C=O) groups is 1. The number of methoxy groups -OCH3 is 1. The van der Waals surface area contributed by atoms with E-state index < -0.39 is 0 Å². The van der Waals surface area contributed by atoms with Gasteiger partial charge in [0.1, 0.15) is 12.1 Å². The van der Waals surface area contributed by atoms with Crippen molar-refractivity contribution in [3.05, 3.63) is 60.5 Å². The molecule has 0 unspecified atom stereocenters. The van der Waals surface area contributed by atoms with E-state index in [1.165, 1.54) is 23.1 Å². The SMILES string of the molecule is COc1ccc(-c2csc(NC(=O)CSc3nncn3-n3cccc3)n2)cc1. The Balaban J connectivity index is 1.36. The minimum absolute atomic E-state index is 0.150. The average molecular weight is 412 g/mol. The van der Waals surface area contributed by atoms with Crippen molar-refractivity contribution in [2.45, 2.75) is 5.16 Å². The molecule has 28 heavy (non-hydrogen) atoms. The number of carbonyl (C=O) groups excluding carboxylic acids is 1. The van der Waals surface area contributed by atoms with Crippen molar-refractivity contribution in [1.82, 2.24) is 24.5 Å². The van der Waals surface area contributed by atoms with E-state index in [0.29, 0.717) is 10.3 Å². The summed E-state index contributed by atoms with van der Waals surface area (Å²) in [6, 6.07) is 11.4. The Hall–Kier alpha value is -3.11. The van der Waals surface area contributed by atoms with E-state index in [-0.39, 0.29) is 11.7 Å². The van der Waals surface area contributed by atoms with Gasteiger partial charge in [0.25, 0.3) is 0 Å². The van der Waals surface area contributed by atoms with Crippen LogP contribution in [0.4, 0.5) is 5.13 Å². The van der Waals surface area contributed by atoms with Crippen molar-refractivity contribution in [3.63, 3.8) is 0 Å². The number of anilines is 1. The Morgan fingerprint density at radius 1 is 1.25 bits per heavy atom. The Morgan fingerprint density at radius 2 is 2.04 bits per heavy atom. The van der Waals surface area contributed by atoms with E-state index in [1.807, 2.05) is 58.8 Å². The Labute approximate surface area is 169 Å². The lowest BCUT2D eigenvalue weighted by molar-refractivity contribution is -0.113. The van der Waals surface area contributed by atoms with Crippen molar-refractivity contribution in [2.24, 2.45) is 0 Å². The summed E-state index contributed by atoms with van der Waals surface area (Å²) in [6.45, 7) is 0. The highest BCUT2D eigenvalue weighted by Gasteiger charge is 2.12. The third kappa shape index (κ3) is 4.07. The van der Waals surface area contributed by atoms with E-state index >= 15 is 0 Å². The molecular formula is C18H16N6O2S2. The molecule has 1 aromatic carbocycles. The summed E-state index contributed by atoms with van der Waals surface area (Å²) in [5.41, 5.74) is 1.77. The van der Waals surface area contributed by atoms with E-state index in [4.69, 9.17) is 4.74 Å². The van der Waals surface area contributed by atoms with Crippen LogP contribution < -0.4 is 10.1 Å². The van der Waals surface area contributed by atoms with Crippen LogP contribution in [0.5, 0.6) is 5.75 Å². The number of thioether (sulfide) groups is 1. The summed E-state index contributed by atoms with van der Waals surface area (Å²) < 4.78 is 8.76. The zero-order valence-electron chi connectivity index (χ0n) is 14.8. The molecule has 0 saturated heterocycles. The monoisotopic (exact) mass is 412 g/mol. The van der Waals surface area contributed by atoms with Crippen LogP contribution in [0.2, 0.25) is 0 Å². The van der Waals surface area contributed by atoms with Crippen LogP contribution in [0.25, 0.3) is 11.3 Å². The average Bonchev–Trinajstić information content (AvgIpc) is 3.47. The van der Waals surface area contributed by atoms with Crippen molar-refractivity contribution in [1.29, 1.82) is 0 Å². The van der Waals surface area contributed by atoms with Crippen LogP contribution in [-0.4, -0.2) is 43.3 Å². The smallest absolute Gasteiger partial charge is 0.236 e. The molecule has 0 saturated carbocycles. The highest BCUT2D eigenvalue weighted by Crippen LogP contribution is 2.26. The second kappa shape index (κ2) is 8.28. The fourth-order valence-electron chi connectivity index (χ4n) is 2.45. The topological polar surface area (TPSA) is 86.9 Å². The van der Waals surface area contributed by atoms with Gasteiger partial charge >= 0.3 is 0 Å². The first kappa shape index (κ1) is 18.3. The van der Waals surface area contributed by atoms with Gasteiger partial charge in [-0.25, -0.2) is 9.66 Å². The number of nitrogens with one attached hydrogen (secondary N) is 1. The van der Waals surface area contributed by atoms with Crippen LogP contribution in [0, 0.1) is 0 Å². The minimum atomic E-state index is -0.150. The van der Waals surface area contributed by atoms with Gasteiger partial charge in [-0.2, -0.15) is 0 Å². The molecule has 8 nitrogen and oxygen atoms in total. The van der Waals surface area contributed by atoms with Crippen LogP contribution in [0.3, 0.4) is 0 Å². The molecule has 3 heterocycles. The first-order valence-electron chi connectivity index (χ1n) is 8.29. The maximum atomic E-state index is 12.3. The van der Waals surface area contributed by atoms with E-state index in [9.17, 15) is 4.79 Å². The maximum absolute atomic E-state index is 12.3. The van der Waals surface area contributed by atoms with Crippen LogP contribution >= 0.6 is 23.1 Å². The fraction of sp³-hybridized carbons (Fsp3) is 0.111. The van der Waals surface area contributed by atoms with Crippen molar-refractivity contribution in [3.8, 4) is 17.0 Å². The van der Waals surface area contributed by atoms with Gasteiger partial charge in [-0.1, -0.05) is 11.8 Å². The number of hydrogen-bond donors (Lipinski definition) is 1. The summed E-state index contributed by atoms with van der Waals surface area (Å²) >= 11 is 2.69. The van der Waals surface area contributed by atoms with Crippen LogP contribution in [0.15, 0.2) is 65.7 Å². The lowest BCUT2D eigenvalue weighted by Crippen LogP contribution is -2.15. The molecule has 4 rings (SSSR count). The highest BCUT2D eigenvalue weighted by atomic mass is 32.2. The van der Waals surface area contributed by atoms with Gasteiger partial charge in [0, 0.05) is 23.3 Å². The second-order valence-electron chi connectivity index (χ2n) is 5.62. The Bertz CT molecular complexity index is 1060. The largest absolute Gasteiger partial charge is 0.497 e. The predicted octanol–water partition coefficient (Wildman–Crippen LogP) is 3.25. The second-order valence-corrected chi connectivity index (χ2v) is 7.42. The molecule has 0 aliphatic carbocycles. The predicted molar refractivity (Wildman–Crippen MR) is 109 cm³/mol. The molecule has 0 atom stereocenters. The fourth-order valence-corrected chi connectivity index (χ4v) is 3.90. The number of hydrogen-bond acceptors (Lipinski definition) is 7. The van der Waals surface area contributed by atoms with Gasteiger partial charge in [-0.15, -0.1) is 21.5 Å². The zero-order chi connectivity index (χ0) is 19.3. The van der Waals surface area contributed by atoms with Gasteiger partial charge in [-0.05, 0) is 36.4 Å². The van der Waals surface area contributed by atoms with Gasteiger partial charge in [0.15, 0.2) is 5.13 Å². The third-order valence-electron chi connectivity index (χ3n) is 3.81. The Kier molecular flexibility index (Phi) is 5.40. The number of aromatic nitrogens is 5. The number of amides is 1. The molecule has 0 spiro atoms. The molecule has 0 bridgehead atoms. The van der Waals surface area contributed by atoms with E-state index in [2.05, 4.69) is 20.5 Å². The third-order valence-corrected chi connectivity index (χ3v) is 5.50. The first-order valence-corrected chi connectivity index (χ1v) is 10.2. The molecule has 0 radical (unpaired) electrons. The standard InChI is InChI=1S/C18H16N6O2S2/c1-26-14-6-4-13(5-7-14)15-10-27-17(20-15)21-16(25)11-28-18-22-19-12-24(18)23-8-2-3-9-23/h2-10,12H,11H2,1H3,(H,20,21,25). The van der Waals surface area contributed by atoms with Crippen molar-refractivity contribution in [2.75, 3.05) is 18.2 Å². The molecule has 10 heteroatoms. The highest BCUT2D eigenvalue weighted by molar-refractivity contribution is 7.99. The number of rotatable bonds is 7. The molecule has 1 N–H and O–H groups in total. The molecule has 0 fully saturated rings. The molecule has 4 aromatic rings. The minimum Gasteiger partial charge on any atom is -0.497 e. The molecule has 3 aromatic heterocycles. The summed E-state index contributed by atoms with van der Waals surface area (Å²) in [7, 11) is 1.63. The zero-order valence-corrected chi connectivity index (χ0v) is 16.5. The normalized spacial score (nSPS) is 10.8. The lowest BCUT2D eigenvalue weighted by Gasteiger charge is -2.06. The molecule has 0 aliphatic heterocycles. The molecule has 0 aliphatic rings. The maximum Gasteiger partial charge on any atom is 0.236 e. The molecule has 1 amide bonds. The first-order chi connectivity index (χ1) is 13.7. The summed E-state index contributed by atoms with van der Waals surface area (Å²) in [4.78, 5) is 16.8. The Morgan fingerprint density at radius 3 is 2.79 bits per heavy atom. The van der Waals surface area contributed by atoms with Gasteiger partial charge in [0.2, 0.25) is 11.1 Å². The van der Waals surface area contributed by atoms with Crippen LogP contribution in [-0.2, 0) is 4.79 Å². The van der Waals surface area contributed by atoms with Crippen molar-refractivity contribution >= 4 is 34.1 Å². The number of nitrogens with zero attached hydrogens (tertiary/aromatic N) is 5. The van der Waals surface area contributed by atoms with Crippen LogP contribution in [0.1, 0.15) is 0 Å². The van der Waals surface area contributed by atoms with Crippen molar-refractivity contribution < 1.29 is 9.53 Å². The number of benzene rings is 1. The molecular weight excluding hydrogens is 396 g/mol. The van der Waals surface area contributed by atoms with E-state index in [1.54, 1.807) is 18.1 Å². The summed E-state index contributed by atoms with van der Waals surface area (Å²) in [6.07, 6.45) is 5.36. The number of ether oxygens (including phenoxy) is 1. The summed E-state index contributed by atoms with van der Waals surface area (Å²) in [5.74, 6) is 0.845. The van der Waals surface area contributed by atoms with Gasteiger partial charge < -0.3 is 10.1 Å². The molecule has 142 valence electrons. The van der Waals surface area contributed by atoms with Gasteiger partial charge in [0.05, 0.1) is 18.6 Å². The quantitative estimate of drug-likeness (QED) is 0.469. The lowest BCUT2D eigenvalue weighted by atomic mass is 10.2. The van der Waals surface area contributed by atoms with E-state index in [0.717, 1.165) is 17.0 Å². The van der Waals surface area contributed by atoms with Gasteiger partial charge in [-0.3, -0.25) is 9.47 Å². The summed E-state index contributed by atoms with van der Waals surface area (Å²) in [5, 5.41) is 13.9.